The van der Waals surface area contributed by atoms with Crippen LogP contribution < -0.4 is 10.6 Å². The number of nitrogens with zero attached hydrogens (tertiary/aromatic N) is 2. The van der Waals surface area contributed by atoms with Crippen LogP contribution in [0.15, 0.2) is 42.5 Å². The van der Waals surface area contributed by atoms with Gasteiger partial charge >= 0.3 is 6.03 Å². The Balaban J connectivity index is 1.36. The number of carbonyl (C=O) groups is 1. The molecule has 7 heteroatoms. The highest BCUT2D eigenvalue weighted by Gasteiger charge is 2.24. The van der Waals surface area contributed by atoms with Gasteiger partial charge in [0, 0.05) is 18.6 Å². The van der Waals surface area contributed by atoms with Crippen molar-refractivity contribution in [3.8, 4) is 0 Å². The molecule has 2 aromatic carbocycles. The lowest BCUT2D eigenvalue weighted by molar-refractivity contribution is 0.111. The quantitative estimate of drug-likeness (QED) is 0.659. The third-order valence-corrected chi connectivity index (χ3v) is 6.02. The van der Waals surface area contributed by atoms with Gasteiger partial charge in [0.25, 0.3) is 0 Å². The van der Waals surface area contributed by atoms with E-state index in [9.17, 15) is 4.79 Å². The molecule has 1 saturated heterocycles. The fourth-order valence-electron chi connectivity index (χ4n) is 3.34. The van der Waals surface area contributed by atoms with Gasteiger partial charge in [-0.05, 0) is 29.2 Å². The maximum Gasteiger partial charge on any atom is 0.321 e. The highest BCUT2D eigenvalue weighted by Crippen LogP contribution is 2.32. The highest BCUT2D eigenvalue weighted by molar-refractivity contribution is 7.15. The van der Waals surface area contributed by atoms with Crippen LogP contribution in [0.25, 0.3) is 10.8 Å². The van der Waals surface area contributed by atoms with Crippen LogP contribution in [0.3, 0.4) is 0 Å². The van der Waals surface area contributed by atoms with E-state index in [1.54, 1.807) is 0 Å². The molecule has 0 saturated carbocycles. The Labute approximate surface area is 168 Å². The van der Waals surface area contributed by atoms with Gasteiger partial charge < -0.3 is 10.1 Å². The number of carbonyl (C=O) groups excluding carboxylic acids is 1. The second kappa shape index (κ2) is 7.85. The fourth-order valence-corrected chi connectivity index (χ4v) is 4.16. The lowest BCUT2D eigenvalue weighted by atomic mass is 9.83. The van der Waals surface area contributed by atoms with Crippen molar-refractivity contribution in [3.63, 3.8) is 0 Å². The van der Waals surface area contributed by atoms with E-state index in [1.807, 2.05) is 12.1 Å². The van der Waals surface area contributed by atoms with E-state index in [-0.39, 0.29) is 17.6 Å². The number of ether oxygens (including phenoxy) is 1. The Morgan fingerprint density at radius 1 is 1.21 bits per heavy atom. The van der Waals surface area contributed by atoms with E-state index in [2.05, 4.69) is 65.0 Å². The molecule has 0 spiro atoms. The van der Waals surface area contributed by atoms with Crippen molar-refractivity contribution in [2.24, 2.45) is 0 Å². The average Bonchev–Trinajstić information content (AvgIpc) is 3.38. The summed E-state index contributed by atoms with van der Waals surface area (Å²) in [6.07, 6.45) is 2.01. The predicted molar refractivity (Wildman–Crippen MR) is 112 cm³/mol. The third-order valence-electron chi connectivity index (χ3n) is 5.09. The molecule has 1 aliphatic heterocycles. The molecule has 1 aliphatic rings. The molecule has 1 fully saturated rings. The summed E-state index contributed by atoms with van der Waals surface area (Å²) in [6.45, 7) is 5.52. The van der Waals surface area contributed by atoms with Crippen molar-refractivity contribution in [1.82, 2.24) is 15.5 Å². The summed E-state index contributed by atoms with van der Waals surface area (Å²) in [4.78, 5) is 12.3. The minimum atomic E-state index is -0.274. The summed E-state index contributed by atoms with van der Waals surface area (Å²) in [7, 11) is 0. The molecule has 1 atom stereocenters. The normalized spacial score (nSPS) is 17.0. The summed E-state index contributed by atoms with van der Waals surface area (Å²) in [5.41, 5.74) is 0.980. The van der Waals surface area contributed by atoms with Gasteiger partial charge in [0.15, 0.2) is 0 Å². The monoisotopic (exact) mass is 396 g/mol. The minimum Gasteiger partial charge on any atom is -0.371 e. The van der Waals surface area contributed by atoms with Gasteiger partial charge in [-0.25, -0.2) is 4.79 Å². The Morgan fingerprint density at radius 2 is 2.04 bits per heavy atom. The first-order valence-electron chi connectivity index (χ1n) is 9.50. The zero-order chi connectivity index (χ0) is 19.6. The van der Waals surface area contributed by atoms with Crippen molar-refractivity contribution in [3.05, 3.63) is 53.0 Å². The fraction of sp³-hybridized carbons (Fsp3) is 0.381. The number of amides is 2. The zero-order valence-corrected chi connectivity index (χ0v) is 16.9. The van der Waals surface area contributed by atoms with Crippen molar-refractivity contribution in [2.45, 2.75) is 38.2 Å². The first kappa shape index (κ1) is 18.8. The van der Waals surface area contributed by atoms with E-state index in [4.69, 9.17) is 4.74 Å². The molecule has 1 aromatic heterocycles. The second-order valence-electron chi connectivity index (χ2n) is 7.70. The molecule has 2 amide bonds. The van der Waals surface area contributed by atoms with Crippen LogP contribution in [0, 0.1) is 0 Å². The molecular formula is C21H24N4O2S. The molecule has 1 unspecified atom stereocenters. The Morgan fingerprint density at radius 3 is 2.82 bits per heavy atom. The van der Waals surface area contributed by atoms with Gasteiger partial charge in [-0.3, -0.25) is 5.32 Å². The molecule has 28 heavy (non-hydrogen) atoms. The van der Waals surface area contributed by atoms with Crippen LogP contribution in [0.1, 0.15) is 43.4 Å². The molecule has 146 valence electrons. The Hall–Kier alpha value is -2.51. The van der Waals surface area contributed by atoms with Gasteiger partial charge in [0.1, 0.15) is 11.1 Å². The van der Waals surface area contributed by atoms with Gasteiger partial charge in [0.05, 0.1) is 0 Å². The van der Waals surface area contributed by atoms with Crippen LogP contribution in [-0.4, -0.2) is 29.4 Å². The number of nitrogens with one attached hydrogen (secondary N) is 2. The van der Waals surface area contributed by atoms with E-state index >= 15 is 0 Å². The summed E-state index contributed by atoms with van der Waals surface area (Å²) in [6, 6.07) is 14.5. The largest absolute Gasteiger partial charge is 0.371 e. The molecular weight excluding hydrogens is 372 g/mol. The predicted octanol–water partition coefficient (Wildman–Crippen LogP) is 4.64. The number of urea groups is 1. The topological polar surface area (TPSA) is 76.1 Å². The number of rotatable bonds is 5. The SMILES string of the molecule is CC(C)(CNC(=O)Nc1nnc(C2CCCO2)s1)c1ccc2ccccc2c1. The summed E-state index contributed by atoms with van der Waals surface area (Å²) in [5, 5.41) is 17.7. The van der Waals surface area contributed by atoms with E-state index in [0.717, 1.165) is 24.5 Å². The number of benzene rings is 2. The lowest BCUT2D eigenvalue weighted by Gasteiger charge is -2.26. The van der Waals surface area contributed by atoms with Crippen LogP contribution in [0.4, 0.5) is 9.93 Å². The number of anilines is 1. The van der Waals surface area contributed by atoms with Crippen molar-refractivity contribution >= 4 is 33.3 Å². The third kappa shape index (κ3) is 4.15. The van der Waals surface area contributed by atoms with Crippen LogP contribution >= 0.6 is 11.3 Å². The molecule has 0 aliphatic carbocycles. The van der Waals surface area contributed by atoms with Gasteiger partial charge in [-0.1, -0.05) is 67.6 Å². The standard InChI is InChI=1S/C21H24N4O2S/c1-21(2,16-10-9-14-6-3-4-7-15(14)12-16)13-22-19(26)23-20-25-24-18(28-20)17-8-5-11-27-17/h3-4,6-7,9-10,12,17H,5,8,11,13H2,1-2H3,(H2,22,23,25,26). The number of aromatic nitrogens is 2. The maximum atomic E-state index is 12.3. The first-order valence-corrected chi connectivity index (χ1v) is 10.3. The molecule has 0 bridgehead atoms. The zero-order valence-electron chi connectivity index (χ0n) is 16.1. The number of hydrogen-bond donors (Lipinski definition) is 2. The Bertz CT molecular complexity index is 979. The maximum absolute atomic E-state index is 12.3. The Kier molecular flexibility index (Phi) is 5.28. The van der Waals surface area contributed by atoms with Crippen LogP contribution in [-0.2, 0) is 10.2 Å². The van der Waals surface area contributed by atoms with E-state index < -0.39 is 0 Å². The van der Waals surface area contributed by atoms with E-state index in [0.29, 0.717) is 11.7 Å². The lowest BCUT2D eigenvalue weighted by Crippen LogP contribution is -2.38. The van der Waals surface area contributed by atoms with Gasteiger partial charge in [-0.2, -0.15) is 0 Å². The van der Waals surface area contributed by atoms with Gasteiger partial charge in [0.2, 0.25) is 5.13 Å². The summed E-state index contributed by atoms with van der Waals surface area (Å²) < 4.78 is 5.61. The molecule has 6 nitrogen and oxygen atoms in total. The van der Waals surface area contributed by atoms with Crippen molar-refractivity contribution < 1.29 is 9.53 Å². The highest BCUT2D eigenvalue weighted by atomic mass is 32.1. The molecule has 2 N–H and O–H groups in total. The number of fused-ring (bicyclic) bond motifs is 1. The smallest absolute Gasteiger partial charge is 0.321 e. The van der Waals surface area contributed by atoms with Crippen LogP contribution in [0.5, 0.6) is 0 Å². The van der Waals surface area contributed by atoms with Crippen molar-refractivity contribution in [2.75, 3.05) is 18.5 Å². The van der Waals surface area contributed by atoms with Crippen molar-refractivity contribution in [1.29, 1.82) is 0 Å². The first-order chi connectivity index (χ1) is 13.5. The van der Waals surface area contributed by atoms with Gasteiger partial charge in [-0.15, -0.1) is 10.2 Å². The minimum absolute atomic E-state index is 0.0166. The molecule has 4 rings (SSSR count). The van der Waals surface area contributed by atoms with Crippen LogP contribution in [0.2, 0.25) is 0 Å². The second-order valence-corrected chi connectivity index (χ2v) is 8.71. The summed E-state index contributed by atoms with van der Waals surface area (Å²) >= 11 is 1.37. The van der Waals surface area contributed by atoms with E-state index in [1.165, 1.54) is 27.7 Å². The molecule has 0 radical (unpaired) electrons. The summed E-state index contributed by atoms with van der Waals surface area (Å²) in [5.74, 6) is 0. The molecule has 2 heterocycles. The number of hydrogen-bond acceptors (Lipinski definition) is 5. The average molecular weight is 397 g/mol. The molecule has 3 aromatic rings.